The van der Waals surface area contributed by atoms with Gasteiger partial charge in [0.2, 0.25) is 10.0 Å². The summed E-state index contributed by atoms with van der Waals surface area (Å²) in [7, 11) is -0.650. The van der Waals surface area contributed by atoms with Crippen molar-refractivity contribution in [1.82, 2.24) is 14.1 Å². The molecule has 0 N–H and O–H groups in total. The third-order valence-electron chi connectivity index (χ3n) is 5.15. The molecule has 1 aliphatic heterocycles. The molecule has 1 unspecified atom stereocenters. The Bertz CT molecular complexity index is 1020. The minimum absolute atomic E-state index is 0.0189. The predicted octanol–water partition coefficient (Wildman–Crippen LogP) is 2.98. The molecular formula is C19H24ClN3O4S. The number of aryl methyl sites for hydroxylation is 3. The molecule has 9 heteroatoms. The molecule has 0 amide bonds. The first-order valence-electron chi connectivity index (χ1n) is 9.05. The van der Waals surface area contributed by atoms with Crippen LogP contribution in [0.25, 0.3) is 0 Å². The lowest BCUT2D eigenvalue weighted by Gasteiger charge is -2.31. The number of sulfonamides is 1. The lowest BCUT2D eigenvalue weighted by atomic mass is 9.89. The second kappa shape index (κ2) is 7.85. The Morgan fingerprint density at radius 3 is 2.61 bits per heavy atom. The van der Waals surface area contributed by atoms with E-state index >= 15 is 0 Å². The number of ether oxygens (including phenoxy) is 1. The Morgan fingerprint density at radius 1 is 1.32 bits per heavy atom. The number of Topliss-reactive ketones (excluding diaryl/α,β-unsaturated/α-hetero) is 1. The average Bonchev–Trinajstić information content (AvgIpc) is 2.93. The summed E-state index contributed by atoms with van der Waals surface area (Å²) in [4.78, 5) is 13.1. The highest BCUT2D eigenvalue weighted by Crippen LogP contribution is 2.31. The van der Waals surface area contributed by atoms with E-state index in [1.807, 2.05) is 13.0 Å². The molecule has 7 nitrogen and oxygen atoms in total. The van der Waals surface area contributed by atoms with E-state index in [1.165, 1.54) is 8.99 Å². The number of carbonyl (C=O) groups is 1. The smallest absolute Gasteiger partial charge is 0.248 e. The van der Waals surface area contributed by atoms with Gasteiger partial charge in [-0.2, -0.15) is 9.40 Å². The molecule has 0 spiro atoms. The van der Waals surface area contributed by atoms with Crippen molar-refractivity contribution in [3.63, 3.8) is 0 Å². The van der Waals surface area contributed by atoms with Crippen LogP contribution >= 0.6 is 11.6 Å². The van der Waals surface area contributed by atoms with Crippen LogP contribution in [-0.2, 0) is 17.1 Å². The van der Waals surface area contributed by atoms with Crippen molar-refractivity contribution in [3.05, 3.63) is 40.2 Å². The maximum absolute atomic E-state index is 13.2. The second-order valence-electron chi connectivity index (χ2n) is 7.08. The van der Waals surface area contributed by atoms with E-state index in [4.69, 9.17) is 16.3 Å². The maximum atomic E-state index is 13.2. The van der Waals surface area contributed by atoms with Crippen LogP contribution in [0.1, 0.15) is 34.5 Å². The number of hydrogen-bond donors (Lipinski definition) is 0. The van der Waals surface area contributed by atoms with Crippen molar-refractivity contribution >= 4 is 27.4 Å². The molecule has 28 heavy (non-hydrogen) atoms. The number of ketones is 1. The lowest BCUT2D eigenvalue weighted by molar-refractivity contribution is 0.0872. The molecule has 1 aromatic heterocycles. The minimum Gasteiger partial charge on any atom is -0.497 e. The highest BCUT2D eigenvalue weighted by molar-refractivity contribution is 7.89. The van der Waals surface area contributed by atoms with Crippen LogP contribution < -0.4 is 4.74 Å². The van der Waals surface area contributed by atoms with Crippen molar-refractivity contribution in [2.24, 2.45) is 13.0 Å². The van der Waals surface area contributed by atoms with Crippen LogP contribution in [0.5, 0.6) is 5.75 Å². The summed E-state index contributed by atoms with van der Waals surface area (Å²) < 4.78 is 34.2. The summed E-state index contributed by atoms with van der Waals surface area (Å²) in [6, 6.07) is 5.30. The first-order valence-corrected chi connectivity index (χ1v) is 10.9. The molecule has 2 aromatic rings. The summed E-state index contributed by atoms with van der Waals surface area (Å²) in [5, 5.41) is 4.18. The highest BCUT2D eigenvalue weighted by Gasteiger charge is 2.37. The maximum Gasteiger partial charge on any atom is 0.248 e. The molecule has 1 saturated heterocycles. The predicted molar refractivity (Wildman–Crippen MR) is 106 cm³/mol. The van der Waals surface area contributed by atoms with Gasteiger partial charge in [-0.25, -0.2) is 8.42 Å². The van der Waals surface area contributed by atoms with Gasteiger partial charge in [0.15, 0.2) is 5.78 Å². The van der Waals surface area contributed by atoms with Crippen molar-refractivity contribution in [2.75, 3.05) is 20.2 Å². The molecule has 2 heterocycles. The van der Waals surface area contributed by atoms with Gasteiger partial charge in [-0.3, -0.25) is 9.48 Å². The SMILES string of the molecule is COc1ccc(C(=O)C2CCCN(S(=O)(=O)c3c(C)nn(C)c3Cl)C2)c(C)c1. The van der Waals surface area contributed by atoms with Gasteiger partial charge in [-0.05, 0) is 50.5 Å². The van der Waals surface area contributed by atoms with Gasteiger partial charge in [0.1, 0.15) is 15.8 Å². The molecule has 1 aliphatic rings. The molecule has 0 saturated carbocycles. The summed E-state index contributed by atoms with van der Waals surface area (Å²) in [5.74, 6) is 0.240. The van der Waals surface area contributed by atoms with Gasteiger partial charge in [0, 0.05) is 31.6 Å². The largest absolute Gasteiger partial charge is 0.497 e. The molecule has 0 bridgehead atoms. The van der Waals surface area contributed by atoms with Crippen LogP contribution in [0.15, 0.2) is 23.1 Å². The molecule has 3 rings (SSSR count). The topological polar surface area (TPSA) is 81.5 Å². The summed E-state index contributed by atoms with van der Waals surface area (Å²) >= 11 is 6.18. The van der Waals surface area contributed by atoms with Crippen molar-refractivity contribution in [1.29, 1.82) is 0 Å². The fourth-order valence-corrected chi connectivity index (χ4v) is 5.90. The number of benzene rings is 1. The first kappa shape index (κ1) is 20.8. The molecular weight excluding hydrogens is 402 g/mol. The molecule has 1 atom stereocenters. The molecule has 1 aromatic carbocycles. The Balaban J connectivity index is 1.87. The van der Waals surface area contributed by atoms with Gasteiger partial charge < -0.3 is 4.74 Å². The van der Waals surface area contributed by atoms with Crippen molar-refractivity contribution in [2.45, 2.75) is 31.6 Å². The van der Waals surface area contributed by atoms with E-state index < -0.39 is 15.9 Å². The van der Waals surface area contributed by atoms with Crippen LogP contribution in [-0.4, -0.2) is 48.5 Å². The quantitative estimate of drug-likeness (QED) is 0.688. The van der Waals surface area contributed by atoms with Gasteiger partial charge in [-0.1, -0.05) is 11.6 Å². The number of nitrogens with zero attached hydrogens (tertiary/aromatic N) is 3. The standard InChI is InChI=1S/C19H24ClN3O4S/c1-12-10-15(27-4)7-8-16(12)17(24)14-6-5-9-23(11-14)28(25,26)18-13(2)21-22(3)19(18)20/h7-8,10,14H,5-6,9,11H2,1-4H3. The number of rotatable bonds is 5. The fraction of sp³-hybridized carbons (Fsp3) is 0.474. The second-order valence-corrected chi connectivity index (χ2v) is 9.31. The van der Waals surface area contributed by atoms with E-state index in [2.05, 4.69) is 5.10 Å². The fourth-order valence-electron chi connectivity index (χ4n) is 3.67. The summed E-state index contributed by atoms with van der Waals surface area (Å²) in [5.41, 5.74) is 1.77. The number of aromatic nitrogens is 2. The Labute approximate surface area is 170 Å². The van der Waals surface area contributed by atoms with Crippen LogP contribution in [0, 0.1) is 19.8 Å². The zero-order valence-corrected chi connectivity index (χ0v) is 18.0. The van der Waals surface area contributed by atoms with E-state index in [9.17, 15) is 13.2 Å². The number of hydrogen-bond acceptors (Lipinski definition) is 5. The van der Waals surface area contributed by atoms with E-state index in [-0.39, 0.29) is 22.4 Å². The van der Waals surface area contributed by atoms with Gasteiger partial charge in [0.05, 0.1) is 12.8 Å². The average molecular weight is 426 g/mol. The highest BCUT2D eigenvalue weighted by atomic mass is 35.5. The molecule has 0 aliphatic carbocycles. The third-order valence-corrected chi connectivity index (χ3v) is 7.71. The summed E-state index contributed by atoms with van der Waals surface area (Å²) in [6.07, 6.45) is 1.26. The molecule has 152 valence electrons. The van der Waals surface area contributed by atoms with Crippen LogP contribution in [0.3, 0.4) is 0 Å². The summed E-state index contributed by atoms with van der Waals surface area (Å²) in [6.45, 7) is 3.97. The zero-order valence-electron chi connectivity index (χ0n) is 16.4. The third kappa shape index (κ3) is 3.68. The van der Waals surface area contributed by atoms with E-state index in [0.717, 1.165) is 5.56 Å². The van der Waals surface area contributed by atoms with Crippen molar-refractivity contribution in [3.8, 4) is 5.75 Å². The molecule has 1 fully saturated rings. The van der Waals surface area contributed by atoms with Gasteiger partial charge in [0.25, 0.3) is 0 Å². The lowest BCUT2D eigenvalue weighted by Crippen LogP contribution is -2.42. The van der Waals surface area contributed by atoms with Gasteiger partial charge in [-0.15, -0.1) is 0 Å². The zero-order chi connectivity index (χ0) is 20.6. The van der Waals surface area contributed by atoms with Crippen LogP contribution in [0.2, 0.25) is 5.15 Å². The Kier molecular flexibility index (Phi) is 5.84. The van der Waals surface area contributed by atoms with Gasteiger partial charge >= 0.3 is 0 Å². The monoisotopic (exact) mass is 425 g/mol. The van der Waals surface area contributed by atoms with Crippen molar-refractivity contribution < 1.29 is 17.9 Å². The number of piperidine rings is 1. The van der Waals surface area contributed by atoms with Crippen LogP contribution in [0.4, 0.5) is 0 Å². The Morgan fingerprint density at radius 2 is 2.04 bits per heavy atom. The first-order chi connectivity index (χ1) is 13.2. The minimum atomic E-state index is -3.83. The van der Waals surface area contributed by atoms with E-state index in [0.29, 0.717) is 36.4 Å². The number of carbonyl (C=O) groups excluding carboxylic acids is 1. The van der Waals surface area contributed by atoms with E-state index in [1.54, 1.807) is 33.2 Å². The normalized spacial score (nSPS) is 18.2. The molecule has 0 radical (unpaired) electrons. The number of methoxy groups -OCH3 is 1. The number of halogens is 1. The Hall–Kier alpha value is -1.90.